The van der Waals surface area contributed by atoms with Crippen LogP contribution in [0.2, 0.25) is 0 Å². The zero-order valence-electron chi connectivity index (χ0n) is 17.5. The van der Waals surface area contributed by atoms with Crippen molar-refractivity contribution in [2.45, 2.75) is 31.9 Å². The second-order valence-corrected chi connectivity index (χ2v) is 10.5. The van der Waals surface area contributed by atoms with E-state index in [0.717, 1.165) is 29.8 Å². The lowest BCUT2D eigenvalue weighted by Crippen LogP contribution is -2.48. The molecule has 1 aromatic carbocycles. The molecule has 1 aromatic heterocycles. The van der Waals surface area contributed by atoms with Gasteiger partial charge in [-0.3, -0.25) is 4.99 Å². The van der Waals surface area contributed by atoms with Gasteiger partial charge in [-0.05, 0) is 37.5 Å². The molecule has 3 heterocycles. The molecule has 1 saturated heterocycles. The molecule has 2 aliphatic heterocycles. The monoisotopic (exact) mass is 445 g/mol. The molecular formula is C21H24FN5O3S. The summed E-state index contributed by atoms with van der Waals surface area (Å²) in [6, 6.07) is 5.09. The van der Waals surface area contributed by atoms with Crippen LogP contribution in [-0.2, 0) is 16.6 Å². The van der Waals surface area contributed by atoms with E-state index in [2.05, 4.69) is 15.0 Å². The van der Waals surface area contributed by atoms with Gasteiger partial charge in [0.05, 0.1) is 24.2 Å². The fourth-order valence-corrected chi connectivity index (χ4v) is 4.76. The molecule has 1 aliphatic carbocycles. The highest BCUT2D eigenvalue weighted by Crippen LogP contribution is 2.41. The number of aromatic nitrogens is 2. The minimum Gasteiger partial charge on any atom is -0.484 e. The van der Waals surface area contributed by atoms with Crippen LogP contribution in [-0.4, -0.2) is 66.4 Å². The molecule has 3 aliphatic rings. The van der Waals surface area contributed by atoms with Crippen LogP contribution in [0.15, 0.2) is 29.5 Å². The van der Waals surface area contributed by atoms with Crippen molar-refractivity contribution >= 4 is 21.6 Å². The molecule has 0 N–H and O–H groups in total. The molecule has 8 nitrogen and oxygen atoms in total. The van der Waals surface area contributed by atoms with E-state index in [1.165, 1.54) is 23.0 Å². The van der Waals surface area contributed by atoms with Gasteiger partial charge in [-0.15, -0.1) is 0 Å². The minimum absolute atomic E-state index is 0.250. The second kappa shape index (κ2) is 7.23. The van der Waals surface area contributed by atoms with Gasteiger partial charge in [0.15, 0.2) is 11.6 Å². The van der Waals surface area contributed by atoms with Gasteiger partial charge in [0.25, 0.3) is 0 Å². The van der Waals surface area contributed by atoms with Crippen molar-refractivity contribution in [3.05, 3.63) is 47.2 Å². The van der Waals surface area contributed by atoms with Crippen molar-refractivity contribution in [2.75, 3.05) is 37.3 Å². The summed E-state index contributed by atoms with van der Waals surface area (Å²) in [5.74, 6) is 0.605. The van der Waals surface area contributed by atoms with E-state index in [1.54, 1.807) is 6.07 Å². The van der Waals surface area contributed by atoms with Crippen molar-refractivity contribution in [2.24, 2.45) is 4.99 Å². The van der Waals surface area contributed by atoms with Crippen LogP contribution in [0.3, 0.4) is 0 Å². The summed E-state index contributed by atoms with van der Waals surface area (Å²) in [4.78, 5) is 15.4. The Balaban J connectivity index is 1.39. The Morgan fingerprint density at radius 2 is 1.84 bits per heavy atom. The summed E-state index contributed by atoms with van der Waals surface area (Å²) in [5, 5.41) is 0. The Morgan fingerprint density at radius 1 is 1.10 bits per heavy atom. The first-order valence-corrected chi connectivity index (χ1v) is 12.2. The topological polar surface area (TPSA) is 88.0 Å². The van der Waals surface area contributed by atoms with Gasteiger partial charge < -0.3 is 9.64 Å². The van der Waals surface area contributed by atoms with E-state index in [4.69, 9.17) is 4.74 Å². The van der Waals surface area contributed by atoms with Crippen molar-refractivity contribution in [3.63, 3.8) is 0 Å². The number of ether oxygens (including phenoxy) is 1. The van der Waals surface area contributed by atoms with E-state index in [0.29, 0.717) is 44.1 Å². The van der Waals surface area contributed by atoms with Crippen LogP contribution in [0.1, 0.15) is 36.6 Å². The van der Waals surface area contributed by atoms with E-state index in [9.17, 15) is 12.8 Å². The maximum absolute atomic E-state index is 14.5. The molecule has 0 spiro atoms. The number of rotatable bonds is 5. The average Bonchev–Trinajstić information content (AvgIpc) is 3.33. The van der Waals surface area contributed by atoms with Crippen LogP contribution in [0.25, 0.3) is 0 Å². The first kappa shape index (κ1) is 20.3. The highest BCUT2D eigenvalue weighted by molar-refractivity contribution is 7.88. The lowest BCUT2D eigenvalue weighted by molar-refractivity contribution is 0.191. The van der Waals surface area contributed by atoms with Crippen molar-refractivity contribution in [3.8, 4) is 5.75 Å². The maximum Gasteiger partial charge on any atom is 0.211 e. The molecule has 10 heteroatoms. The molecule has 0 unspecified atom stereocenters. The first-order valence-electron chi connectivity index (χ1n) is 10.3. The molecule has 164 valence electrons. The number of halogens is 1. The van der Waals surface area contributed by atoms with Crippen LogP contribution in [0.4, 0.5) is 10.2 Å². The van der Waals surface area contributed by atoms with E-state index in [-0.39, 0.29) is 17.2 Å². The number of sulfonamides is 1. The Bertz CT molecular complexity index is 1170. The van der Waals surface area contributed by atoms with Crippen LogP contribution >= 0.6 is 0 Å². The Kier molecular flexibility index (Phi) is 4.74. The number of nitrogens with zero attached hydrogens (tertiary/aromatic N) is 5. The zero-order valence-corrected chi connectivity index (χ0v) is 18.3. The van der Waals surface area contributed by atoms with Gasteiger partial charge in [0.2, 0.25) is 10.0 Å². The lowest BCUT2D eigenvalue weighted by Gasteiger charge is -2.34. The SMILES string of the molecule is CC1(Oc2cc3c(cc2F)CN=C3c2cc(N3CCN(S(C)(=O)=O)CC3)ncn2)CC1. The summed E-state index contributed by atoms with van der Waals surface area (Å²) in [7, 11) is -3.19. The van der Waals surface area contributed by atoms with Crippen molar-refractivity contribution in [1.82, 2.24) is 14.3 Å². The molecule has 2 fully saturated rings. The first-order chi connectivity index (χ1) is 14.7. The lowest BCUT2D eigenvalue weighted by atomic mass is 10.0. The minimum atomic E-state index is -3.19. The van der Waals surface area contributed by atoms with Crippen LogP contribution < -0.4 is 9.64 Å². The summed E-state index contributed by atoms with van der Waals surface area (Å²) in [6.45, 7) is 4.31. The molecule has 0 bridgehead atoms. The van der Waals surface area contributed by atoms with Gasteiger partial charge >= 0.3 is 0 Å². The number of aliphatic imine (C=N–C) groups is 1. The summed E-state index contributed by atoms with van der Waals surface area (Å²) < 4.78 is 45.3. The van der Waals surface area contributed by atoms with Crippen molar-refractivity contribution < 1.29 is 17.5 Å². The van der Waals surface area contributed by atoms with E-state index < -0.39 is 10.0 Å². The molecule has 31 heavy (non-hydrogen) atoms. The Hall–Kier alpha value is -2.59. The molecule has 2 aromatic rings. The predicted molar refractivity (Wildman–Crippen MR) is 115 cm³/mol. The number of piperazine rings is 1. The molecule has 0 atom stereocenters. The third-order valence-corrected chi connectivity index (χ3v) is 7.36. The van der Waals surface area contributed by atoms with Crippen LogP contribution in [0, 0.1) is 5.82 Å². The molecular weight excluding hydrogens is 421 g/mol. The Labute approximate surface area is 180 Å². The summed E-state index contributed by atoms with van der Waals surface area (Å²) in [5.41, 5.74) is 2.71. The molecule has 0 radical (unpaired) electrons. The number of anilines is 1. The zero-order chi connectivity index (χ0) is 21.8. The number of hydrogen-bond donors (Lipinski definition) is 0. The normalized spacial score (nSPS) is 20.4. The summed E-state index contributed by atoms with van der Waals surface area (Å²) in [6.07, 6.45) is 4.56. The summed E-state index contributed by atoms with van der Waals surface area (Å²) >= 11 is 0. The van der Waals surface area contributed by atoms with Gasteiger partial charge in [-0.2, -0.15) is 4.31 Å². The fourth-order valence-electron chi connectivity index (χ4n) is 3.93. The largest absolute Gasteiger partial charge is 0.484 e. The van der Waals surface area contributed by atoms with Gasteiger partial charge in [0.1, 0.15) is 17.7 Å². The third kappa shape index (κ3) is 4.01. The highest BCUT2D eigenvalue weighted by atomic mass is 32.2. The molecule has 0 amide bonds. The quantitative estimate of drug-likeness (QED) is 0.699. The third-order valence-electron chi connectivity index (χ3n) is 6.06. The average molecular weight is 446 g/mol. The Morgan fingerprint density at radius 3 is 2.52 bits per heavy atom. The predicted octanol–water partition coefficient (Wildman–Crippen LogP) is 1.98. The molecule has 5 rings (SSSR count). The van der Waals surface area contributed by atoms with Crippen LogP contribution in [0.5, 0.6) is 5.75 Å². The number of benzene rings is 1. The van der Waals surface area contributed by atoms with E-state index in [1.807, 2.05) is 17.9 Å². The maximum atomic E-state index is 14.5. The van der Waals surface area contributed by atoms with Gasteiger partial charge in [0, 0.05) is 37.8 Å². The highest BCUT2D eigenvalue weighted by Gasteiger charge is 2.41. The van der Waals surface area contributed by atoms with Crippen molar-refractivity contribution in [1.29, 1.82) is 0 Å². The van der Waals surface area contributed by atoms with Gasteiger partial charge in [-0.25, -0.2) is 22.8 Å². The number of hydrogen-bond acceptors (Lipinski definition) is 7. The fraction of sp³-hybridized carbons (Fsp3) is 0.476. The smallest absolute Gasteiger partial charge is 0.211 e. The number of fused-ring (bicyclic) bond motifs is 1. The van der Waals surface area contributed by atoms with E-state index >= 15 is 0 Å². The van der Waals surface area contributed by atoms with Gasteiger partial charge in [-0.1, -0.05) is 0 Å². The molecule has 1 saturated carbocycles. The second-order valence-electron chi connectivity index (χ2n) is 8.57. The standard InChI is InChI=1S/C21H24FN5O3S/c1-21(3-4-21)30-18-10-15-14(9-16(18)22)12-23-20(15)17-11-19(25-13-24-17)26-5-7-27(8-6-26)31(2,28)29/h9-11,13H,3-8,12H2,1-2H3.